The van der Waals surface area contributed by atoms with Crippen molar-refractivity contribution in [3.8, 4) is 5.88 Å². The third-order valence-corrected chi connectivity index (χ3v) is 4.85. The van der Waals surface area contributed by atoms with Gasteiger partial charge in [-0.25, -0.2) is 9.97 Å². The number of ether oxygens (including phenoxy) is 1. The molecule has 1 aliphatic carbocycles. The lowest BCUT2D eigenvalue weighted by molar-refractivity contribution is -0.386. The predicted octanol–water partition coefficient (Wildman–Crippen LogP) is 3.68. The molecule has 2 unspecified atom stereocenters. The lowest BCUT2D eigenvalue weighted by Crippen LogP contribution is -2.45. The molecule has 0 bridgehead atoms. The van der Waals surface area contributed by atoms with E-state index in [0.717, 1.165) is 12.8 Å². The van der Waals surface area contributed by atoms with Gasteiger partial charge in [0.2, 0.25) is 5.82 Å². The molecule has 2 aromatic rings. The maximum Gasteiger partial charge on any atom is 0.330 e. The Hall–Kier alpha value is -3.56. The Bertz CT molecular complexity index is 919. The molecule has 10 nitrogen and oxygen atoms in total. The molecule has 2 aromatic heterocycles. The fraction of sp³-hybridized carbons (Fsp3) is 0.368. The summed E-state index contributed by atoms with van der Waals surface area (Å²) in [6.45, 7) is 0. The van der Waals surface area contributed by atoms with E-state index in [9.17, 15) is 20.2 Å². The third-order valence-electron chi connectivity index (χ3n) is 4.85. The first-order valence-electron chi connectivity index (χ1n) is 9.22. The van der Waals surface area contributed by atoms with Crippen LogP contribution in [0.3, 0.4) is 0 Å². The van der Waals surface area contributed by atoms with Crippen molar-refractivity contribution in [2.45, 2.75) is 37.8 Å². The zero-order valence-electron chi connectivity index (χ0n) is 15.9. The highest BCUT2D eigenvalue weighted by Crippen LogP contribution is 2.32. The van der Waals surface area contributed by atoms with Gasteiger partial charge in [-0.3, -0.25) is 20.2 Å². The lowest BCUT2D eigenvalue weighted by atomic mass is 9.96. The van der Waals surface area contributed by atoms with Gasteiger partial charge < -0.3 is 9.64 Å². The molecule has 3 rings (SSSR count). The first-order chi connectivity index (χ1) is 14.0. The SMILES string of the molecule is CN(c1ncccc1[N+](=O)[O-])C1CC/C=C\CCC1Oc1ncccc1[N+](=O)[O-]. The normalized spacial score (nSPS) is 20.2. The second-order valence-electron chi connectivity index (χ2n) is 6.65. The molecule has 29 heavy (non-hydrogen) atoms. The average Bonchev–Trinajstić information content (AvgIpc) is 2.70. The van der Waals surface area contributed by atoms with Crippen molar-refractivity contribution in [1.82, 2.24) is 9.97 Å². The highest BCUT2D eigenvalue weighted by Gasteiger charge is 2.33. The molecule has 0 aromatic carbocycles. The second kappa shape index (κ2) is 9.09. The van der Waals surface area contributed by atoms with Crippen LogP contribution >= 0.6 is 0 Å². The molecular formula is C19H21N5O5. The summed E-state index contributed by atoms with van der Waals surface area (Å²) in [5.74, 6) is 0.178. The summed E-state index contributed by atoms with van der Waals surface area (Å²) in [5.41, 5.74) is -0.314. The van der Waals surface area contributed by atoms with Crippen molar-refractivity contribution in [2.75, 3.05) is 11.9 Å². The number of aromatic nitrogens is 2. The molecule has 0 amide bonds. The first kappa shape index (κ1) is 20.2. The Morgan fingerprint density at radius 2 is 1.62 bits per heavy atom. The highest BCUT2D eigenvalue weighted by atomic mass is 16.6. The Morgan fingerprint density at radius 1 is 1.00 bits per heavy atom. The zero-order valence-corrected chi connectivity index (χ0v) is 15.9. The number of rotatable bonds is 6. The minimum Gasteiger partial charge on any atom is -0.467 e. The van der Waals surface area contributed by atoms with E-state index < -0.39 is 16.0 Å². The number of allylic oxidation sites excluding steroid dienone is 2. The van der Waals surface area contributed by atoms with Gasteiger partial charge in [0.1, 0.15) is 6.10 Å². The van der Waals surface area contributed by atoms with Gasteiger partial charge in [-0.15, -0.1) is 0 Å². The van der Waals surface area contributed by atoms with Crippen LogP contribution in [0, 0.1) is 20.2 Å². The van der Waals surface area contributed by atoms with Gasteiger partial charge in [-0.2, -0.15) is 0 Å². The smallest absolute Gasteiger partial charge is 0.330 e. The number of hydrogen-bond acceptors (Lipinski definition) is 8. The van der Waals surface area contributed by atoms with Gasteiger partial charge >= 0.3 is 11.4 Å². The fourth-order valence-electron chi connectivity index (χ4n) is 3.44. The molecule has 0 N–H and O–H groups in total. The standard InChI is InChI=1S/C19H21N5O5/c1-22(18-15(23(25)26)9-6-12-20-18)14-8-4-2-3-5-11-17(14)29-19-16(24(27)28)10-7-13-21-19/h2-3,6-7,9-10,12-14,17H,4-5,8,11H2,1H3/b3-2-. The maximum absolute atomic E-state index is 11.4. The Labute approximate surface area is 167 Å². The molecule has 152 valence electrons. The van der Waals surface area contributed by atoms with Crippen LogP contribution in [0.5, 0.6) is 5.88 Å². The molecule has 2 heterocycles. The molecule has 10 heteroatoms. The van der Waals surface area contributed by atoms with Gasteiger partial charge in [-0.1, -0.05) is 12.2 Å². The second-order valence-corrected chi connectivity index (χ2v) is 6.65. The van der Waals surface area contributed by atoms with Crippen molar-refractivity contribution in [3.63, 3.8) is 0 Å². The minimum absolute atomic E-state index is 0.0547. The predicted molar refractivity (Wildman–Crippen MR) is 106 cm³/mol. The topological polar surface area (TPSA) is 125 Å². The van der Waals surface area contributed by atoms with Crippen LogP contribution < -0.4 is 9.64 Å². The van der Waals surface area contributed by atoms with E-state index in [-0.39, 0.29) is 29.1 Å². The van der Waals surface area contributed by atoms with Crippen LogP contribution in [0.4, 0.5) is 17.2 Å². The molecule has 0 spiro atoms. The van der Waals surface area contributed by atoms with Crippen molar-refractivity contribution >= 4 is 17.2 Å². The van der Waals surface area contributed by atoms with E-state index in [1.165, 1.54) is 36.7 Å². The van der Waals surface area contributed by atoms with Crippen LogP contribution in [-0.4, -0.2) is 39.0 Å². The average molecular weight is 399 g/mol. The van der Waals surface area contributed by atoms with Crippen molar-refractivity contribution in [3.05, 3.63) is 69.0 Å². The largest absolute Gasteiger partial charge is 0.467 e. The number of pyridine rings is 2. The Morgan fingerprint density at radius 3 is 2.31 bits per heavy atom. The fourth-order valence-corrected chi connectivity index (χ4v) is 3.44. The van der Waals surface area contributed by atoms with Gasteiger partial charge in [0.15, 0.2) is 0 Å². The third kappa shape index (κ3) is 4.65. The molecule has 0 aliphatic heterocycles. The van der Waals surface area contributed by atoms with Gasteiger partial charge in [-0.05, 0) is 37.8 Å². The van der Waals surface area contributed by atoms with Crippen molar-refractivity contribution in [2.24, 2.45) is 0 Å². The van der Waals surface area contributed by atoms with Gasteiger partial charge in [0.05, 0.1) is 15.9 Å². The summed E-state index contributed by atoms with van der Waals surface area (Å²) in [6.07, 6.45) is 9.29. The monoisotopic (exact) mass is 399 g/mol. The van der Waals surface area contributed by atoms with Crippen molar-refractivity contribution in [1.29, 1.82) is 0 Å². The summed E-state index contributed by atoms with van der Waals surface area (Å²) in [7, 11) is 1.73. The number of nitrogens with zero attached hydrogens (tertiary/aromatic N) is 5. The molecule has 0 saturated carbocycles. The number of nitro groups is 2. The molecular weight excluding hydrogens is 378 g/mol. The summed E-state index contributed by atoms with van der Waals surface area (Å²) in [6, 6.07) is 5.46. The van der Waals surface area contributed by atoms with Gasteiger partial charge in [0, 0.05) is 31.6 Å². The van der Waals surface area contributed by atoms with Crippen LogP contribution in [0.15, 0.2) is 48.8 Å². The number of anilines is 1. The molecule has 0 radical (unpaired) electrons. The Balaban J connectivity index is 1.95. The lowest BCUT2D eigenvalue weighted by Gasteiger charge is -2.35. The van der Waals surface area contributed by atoms with E-state index in [1.54, 1.807) is 11.9 Å². The molecule has 0 fully saturated rings. The van der Waals surface area contributed by atoms with E-state index in [4.69, 9.17) is 4.74 Å². The number of hydrogen-bond donors (Lipinski definition) is 0. The van der Waals surface area contributed by atoms with Crippen LogP contribution in [0.25, 0.3) is 0 Å². The van der Waals surface area contributed by atoms with Crippen LogP contribution in [0.1, 0.15) is 25.7 Å². The zero-order chi connectivity index (χ0) is 20.8. The highest BCUT2D eigenvalue weighted by molar-refractivity contribution is 5.57. The maximum atomic E-state index is 11.4. The molecule has 0 saturated heterocycles. The summed E-state index contributed by atoms with van der Waals surface area (Å²) in [5, 5.41) is 22.8. The van der Waals surface area contributed by atoms with Crippen LogP contribution in [0.2, 0.25) is 0 Å². The van der Waals surface area contributed by atoms with E-state index in [0.29, 0.717) is 12.8 Å². The van der Waals surface area contributed by atoms with Crippen molar-refractivity contribution < 1.29 is 14.6 Å². The molecule has 1 aliphatic rings. The molecule has 2 atom stereocenters. The van der Waals surface area contributed by atoms with E-state index in [2.05, 4.69) is 16.0 Å². The van der Waals surface area contributed by atoms with Gasteiger partial charge in [0.25, 0.3) is 5.88 Å². The quantitative estimate of drug-likeness (QED) is 0.409. The van der Waals surface area contributed by atoms with Crippen LogP contribution in [-0.2, 0) is 0 Å². The van der Waals surface area contributed by atoms with E-state index >= 15 is 0 Å². The summed E-state index contributed by atoms with van der Waals surface area (Å²) >= 11 is 0. The minimum atomic E-state index is -0.534. The number of likely N-dealkylation sites (N-methyl/N-ethyl adjacent to an activating group) is 1. The summed E-state index contributed by atoms with van der Waals surface area (Å²) < 4.78 is 6.01. The Kier molecular flexibility index (Phi) is 6.32. The first-order valence-corrected chi connectivity index (χ1v) is 9.22. The van der Waals surface area contributed by atoms with E-state index in [1.807, 2.05) is 6.08 Å². The summed E-state index contributed by atoms with van der Waals surface area (Å²) in [4.78, 5) is 31.7.